The minimum absolute atomic E-state index is 0.458. The summed E-state index contributed by atoms with van der Waals surface area (Å²) in [5.41, 5.74) is 3.33. The van der Waals surface area contributed by atoms with E-state index >= 15 is 0 Å². The van der Waals surface area contributed by atoms with Crippen molar-refractivity contribution in [2.75, 3.05) is 0 Å². The predicted octanol–water partition coefficient (Wildman–Crippen LogP) is 5.00. The van der Waals surface area contributed by atoms with Gasteiger partial charge in [0.1, 0.15) is 0 Å². The maximum Gasteiger partial charge on any atom is 0.365 e. The number of benzene rings is 2. The molecule has 0 fully saturated rings. The van der Waals surface area contributed by atoms with Gasteiger partial charge >= 0.3 is 5.97 Å². The zero-order valence-corrected chi connectivity index (χ0v) is 13.4. The van der Waals surface area contributed by atoms with E-state index in [-0.39, 0.29) is 0 Å². The van der Waals surface area contributed by atoms with Crippen molar-refractivity contribution in [3.63, 3.8) is 0 Å². The van der Waals surface area contributed by atoms with Crippen molar-refractivity contribution in [1.82, 2.24) is 0 Å². The Labute approximate surface area is 138 Å². The number of hydrogen-bond acceptors (Lipinski definition) is 4. The Morgan fingerprint density at radius 3 is 2.26 bits per heavy atom. The van der Waals surface area contributed by atoms with Gasteiger partial charge in [0.05, 0.1) is 16.2 Å². The second-order valence-corrected chi connectivity index (χ2v) is 5.92. The van der Waals surface area contributed by atoms with Crippen molar-refractivity contribution in [2.45, 2.75) is 6.92 Å². The molecule has 0 amide bonds. The van der Waals surface area contributed by atoms with Gasteiger partial charge < -0.3 is 4.84 Å². The number of hydrogen-bond donors (Lipinski definition) is 0. The molecule has 0 unspecified atom stereocenters. The minimum atomic E-state index is -0.458. The zero-order valence-electron chi connectivity index (χ0n) is 12.6. The van der Waals surface area contributed by atoms with E-state index in [4.69, 9.17) is 4.84 Å². The van der Waals surface area contributed by atoms with Crippen molar-refractivity contribution >= 4 is 23.0 Å². The lowest BCUT2D eigenvalue weighted by Gasteiger charge is -2.03. The molecule has 0 saturated heterocycles. The number of carbonyl (C=O) groups excluding carboxylic acids is 1. The average Bonchev–Trinajstić information content (AvgIpc) is 3.15. The molecule has 3 aromatic rings. The Morgan fingerprint density at radius 1 is 0.913 bits per heavy atom. The molecule has 4 heteroatoms. The van der Waals surface area contributed by atoms with E-state index in [1.807, 2.05) is 66.9 Å². The first kappa shape index (κ1) is 15.2. The molecule has 0 aliphatic carbocycles. The Balaban J connectivity index is 1.70. The maximum atomic E-state index is 12.0. The van der Waals surface area contributed by atoms with Gasteiger partial charge in [-0.3, -0.25) is 0 Å². The lowest BCUT2D eigenvalue weighted by Crippen LogP contribution is -2.03. The molecular weight excluding hydrogens is 306 g/mol. The van der Waals surface area contributed by atoms with Gasteiger partial charge in [-0.1, -0.05) is 53.7 Å². The third-order valence-electron chi connectivity index (χ3n) is 3.37. The highest BCUT2D eigenvalue weighted by Gasteiger charge is 2.08. The fourth-order valence-corrected chi connectivity index (χ4v) is 2.79. The Hall–Kier alpha value is -2.72. The van der Waals surface area contributed by atoms with E-state index in [1.165, 1.54) is 0 Å². The van der Waals surface area contributed by atoms with Crippen LogP contribution in [0.3, 0.4) is 0 Å². The molecule has 0 atom stereocenters. The molecule has 3 rings (SSSR count). The van der Waals surface area contributed by atoms with Gasteiger partial charge in [0.25, 0.3) is 0 Å². The molecule has 23 heavy (non-hydrogen) atoms. The molecule has 0 aliphatic rings. The average molecular weight is 321 g/mol. The summed E-state index contributed by atoms with van der Waals surface area (Å²) >= 11 is 1.56. The lowest BCUT2D eigenvalue weighted by molar-refractivity contribution is 0.0516. The third-order valence-corrected chi connectivity index (χ3v) is 4.35. The van der Waals surface area contributed by atoms with E-state index in [1.54, 1.807) is 23.5 Å². The Bertz CT molecular complexity index is 806. The summed E-state index contributed by atoms with van der Waals surface area (Å²) < 4.78 is 0. The van der Waals surface area contributed by atoms with E-state index < -0.39 is 5.97 Å². The monoisotopic (exact) mass is 321 g/mol. The maximum absolute atomic E-state index is 12.0. The third kappa shape index (κ3) is 3.73. The topological polar surface area (TPSA) is 38.7 Å². The van der Waals surface area contributed by atoms with Gasteiger partial charge in [0.15, 0.2) is 0 Å². The van der Waals surface area contributed by atoms with Gasteiger partial charge in [-0.2, -0.15) is 0 Å². The number of nitrogens with zero attached hydrogens (tertiary/aromatic N) is 1. The van der Waals surface area contributed by atoms with Gasteiger partial charge in [-0.25, -0.2) is 4.79 Å². The van der Waals surface area contributed by atoms with Crippen LogP contribution in [0.1, 0.15) is 22.2 Å². The molecule has 0 N–H and O–H groups in total. The summed E-state index contributed by atoms with van der Waals surface area (Å²) in [6.45, 7) is 1.82. The van der Waals surface area contributed by atoms with Crippen LogP contribution in [-0.2, 0) is 4.84 Å². The molecule has 0 aliphatic heterocycles. The molecule has 0 bridgehead atoms. The molecule has 114 valence electrons. The highest BCUT2D eigenvalue weighted by molar-refractivity contribution is 7.12. The van der Waals surface area contributed by atoms with Crippen molar-refractivity contribution in [2.24, 2.45) is 5.16 Å². The Morgan fingerprint density at radius 2 is 1.61 bits per heavy atom. The van der Waals surface area contributed by atoms with Crippen LogP contribution in [0.5, 0.6) is 0 Å². The molecule has 1 aromatic heterocycles. The van der Waals surface area contributed by atoms with Gasteiger partial charge in [-0.05, 0) is 41.6 Å². The fraction of sp³-hybridized carbons (Fsp3) is 0.0526. The largest absolute Gasteiger partial charge is 0.365 e. The second-order valence-electron chi connectivity index (χ2n) is 4.98. The second kappa shape index (κ2) is 7.03. The van der Waals surface area contributed by atoms with Crippen molar-refractivity contribution in [3.05, 3.63) is 82.6 Å². The summed E-state index contributed by atoms with van der Waals surface area (Å²) in [5.74, 6) is -0.458. The van der Waals surface area contributed by atoms with E-state index in [0.717, 1.165) is 16.0 Å². The summed E-state index contributed by atoms with van der Waals surface area (Å²) in [4.78, 5) is 18.0. The van der Waals surface area contributed by atoms with Gasteiger partial charge in [-0.15, -0.1) is 11.3 Å². The van der Waals surface area contributed by atoms with Crippen LogP contribution in [0.15, 0.2) is 77.3 Å². The molecule has 1 heterocycles. The minimum Gasteiger partial charge on any atom is -0.313 e. The molecule has 0 radical (unpaired) electrons. The van der Waals surface area contributed by atoms with Gasteiger partial charge in [0.2, 0.25) is 0 Å². The van der Waals surface area contributed by atoms with Gasteiger partial charge in [0, 0.05) is 0 Å². The van der Waals surface area contributed by atoms with E-state index in [0.29, 0.717) is 11.3 Å². The zero-order chi connectivity index (χ0) is 16.1. The lowest BCUT2D eigenvalue weighted by atomic mass is 10.0. The first-order valence-electron chi connectivity index (χ1n) is 7.19. The van der Waals surface area contributed by atoms with Crippen LogP contribution in [0, 0.1) is 0 Å². The van der Waals surface area contributed by atoms with Crippen molar-refractivity contribution < 1.29 is 9.63 Å². The molecule has 3 nitrogen and oxygen atoms in total. The Kier molecular flexibility index (Phi) is 4.64. The highest BCUT2D eigenvalue weighted by Crippen LogP contribution is 2.19. The molecule has 2 aromatic carbocycles. The standard InChI is InChI=1S/C19H15NO2S/c1-14(18-8-5-13-23-18)20-22-19(21)17-11-9-16(10-12-17)15-6-3-2-4-7-15/h2-13H,1H3. The van der Waals surface area contributed by atoms with Crippen LogP contribution >= 0.6 is 11.3 Å². The smallest absolute Gasteiger partial charge is 0.313 e. The number of oxime groups is 1. The highest BCUT2D eigenvalue weighted by atomic mass is 32.1. The fourth-order valence-electron chi connectivity index (χ4n) is 2.12. The quantitative estimate of drug-likeness (QED) is 0.385. The van der Waals surface area contributed by atoms with E-state index in [2.05, 4.69) is 5.16 Å². The molecular formula is C19H15NO2S. The summed E-state index contributed by atoms with van der Waals surface area (Å²) in [6.07, 6.45) is 0. The molecule has 0 spiro atoms. The molecule has 0 saturated carbocycles. The summed E-state index contributed by atoms with van der Waals surface area (Å²) in [7, 11) is 0. The predicted molar refractivity (Wildman–Crippen MR) is 93.8 cm³/mol. The first-order valence-corrected chi connectivity index (χ1v) is 8.07. The van der Waals surface area contributed by atoms with Crippen LogP contribution in [0.4, 0.5) is 0 Å². The van der Waals surface area contributed by atoms with Crippen LogP contribution in [-0.4, -0.2) is 11.7 Å². The summed E-state index contributed by atoms with van der Waals surface area (Å²) in [5, 5.41) is 5.86. The number of carbonyl (C=O) groups is 1. The van der Waals surface area contributed by atoms with Crippen LogP contribution in [0.25, 0.3) is 11.1 Å². The van der Waals surface area contributed by atoms with Crippen LogP contribution < -0.4 is 0 Å². The normalized spacial score (nSPS) is 11.3. The number of thiophene rings is 1. The summed E-state index contributed by atoms with van der Waals surface area (Å²) in [6, 6.07) is 21.2. The van der Waals surface area contributed by atoms with Crippen molar-refractivity contribution in [1.29, 1.82) is 0 Å². The first-order chi connectivity index (χ1) is 11.2. The van der Waals surface area contributed by atoms with Crippen LogP contribution in [0.2, 0.25) is 0 Å². The number of rotatable bonds is 4. The van der Waals surface area contributed by atoms with Crippen molar-refractivity contribution in [3.8, 4) is 11.1 Å². The van der Waals surface area contributed by atoms with E-state index in [9.17, 15) is 4.79 Å². The SMILES string of the molecule is CC(=NOC(=O)c1ccc(-c2ccccc2)cc1)c1cccs1.